The molecule has 37 heteroatoms. The van der Waals surface area contributed by atoms with E-state index in [0.29, 0.717) is 78.9 Å². The summed E-state index contributed by atoms with van der Waals surface area (Å²) < 4.78 is 6.17. The molecule has 1 fully saturated rings. The van der Waals surface area contributed by atoms with E-state index in [0.717, 1.165) is 23.8 Å². The van der Waals surface area contributed by atoms with Crippen LogP contribution in [0, 0.1) is 11.3 Å². The van der Waals surface area contributed by atoms with Gasteiger partial charge in [-0.2, -0.15) is 23.5 Å². The van der Waals surface area contributed by atoms with E-state index in [1.54, 1.807) is 49.1 Å². The predicted molar refractivity (Wildman–Crippen MR) is 398 cm³/mol. The Hall–Kier alpha value is -10.2. The van der Waals surface area contributed by atoms with Crippen molar-refractivity contribution < 1.29 is 86.9 Å². The summed E-state index contributed by atoms with van der Waals surface area (Å²) in [6.45, 7) is 6.96. The third kappa shape index (κ3) is 30.3. The number of carbonyl (C=O) groups is 14. The van der Waals surface area contributed by atoms with Crippen molar-refractivity contribution in [2.45, 2.75) is 209 Å². The van der Waals surface area contributed by atoms with E-state index in [9.17, 15) is 77.3 Å². The fraction of sp³-hybridized carbons (Fsp3) is 0.571. The number of aromatic nitrogens is 1. The van der Waals surface area contributed by atoms with Crippen molar-refractivity contribution in [3.8, 4) is 5.75 Å². The van der Waals surface area contributed by atoms with Gasteiger partial charge in [-0.05, 0) is 125 Å². The van der Waals surface area contributed by atoms with Crippen LogP contribution in [0.1, 0.15) is 147 Å². The summed E-state index contributed by atoms with van der Waals surface area (Å²) in [7, 11) is 0. The number of hydrogen-bond acceptors (Lipinski definition) is 20. The number of fused-ring (bicyclic) bond motifs is 4. The quantitative estimate of drug-likeness (QED) is 0.0380. The van der Waals surface area contributed by atoms with E-state index >= 15 is 0 Å². The first-order valence-electron chi connectivity index (χ1n) is 35.6. The maximum absolute atomic E-state index is 14.9. The van der Waals surface area contributed by atoms with Crippen molar-refractivity contribution in [2.24, 2.45) is 28.3 Å². The number of para-hydroxylation sites is 1. The number of nitrogens with one attached hydrogen (secondary N) is 12. The predicted octanol–water partition coefficient (Wildman–Crippen LogP) is 0.0359. The van der Waals surface area contributed by atoms with Gasteiger partial charge in [-0.1, -0.05) is 63.0 Å². The van der Waals surface area contributed by atoms with Gasteiger partial charge in [0.1, 0.15) is 79.0 Å². The molecule has 1 aromatic heterocycles. The maximum atomic E-state index is 14.9. The van der Waals surface area contributed by atoms with Gasteiger partial charge < -0.3 is 100 Å². The minimum absolute atomic E-state index is 0.0149. The number of H-pyrrole nitrogens is 1. The molecule has 107 heavy (non-hydrogen) atoms. The summed E-state index contributed by atoms with van der Waals surface area (Å²) in [6.07, 6.45) is 4.98. The number of rotatable bonds is 21. The van der Waals surface area contributed by atoms with E-state index in [1.165, 1.54) is 37.4 Å². The summed E-state index contributed by atoms with van der Waals surface area (Å²) in [6, 6.07) is -2.33. The number of primary amides is 2. The van der Waals surface area contributed by atoms with Crippen LogP contribution in [0.4, 0.5) is 0 Å². The highest BCUT2D eigenvalue weighted by molar-refractivity contribution is 7.98. The van der Waals surface area contributed by atoms with Crippen molar-refractivity contribution in [3.05, 3.63) is 65.4 Å². The number of benzene rings is 2. The molecule has 5 rings (SSSR count). The van der Waals surface area contributed by atoms with Gasteiger partial charge in [-0.25, -0.2) is 0 Å². The number of carboxylic acid groups (broad SMARTS) is 2. The largest absolute Gasteiger partial charge is 0.494 e. The molecule has 0 spiro atoms. The number of oxime groups is 1. The van der Waals surface area contributed by atoms with E-state index in [2.05, 4.69) is 63.3 Å². The Kier molecular flexibility index (Phi) is 37.0. The van der Waals surface area contributed by atoms with Gasteiger partial charge in [0.05, 0.1) is 13.0 Å². The lowest BCUT2D eigenvalue weighted by molar-refractivity contribution is -0.143. The first kappa shape index (κ1) is 87.4. The van der Waals surface area contributed by atoms with Crippen molar-refractivity contribution >= 4 is 129 Å². The van der Waals surface area contributed by atoms with Crippen LogP contribution >= 0.6 is 23.5 Å². The summed E-state index contributed by atoms with van der Waals surface area (Å²) in [4.78, 5) is 202. The van der Waals surface area contributed by atoms with Crippen molar-refractivity contribution in [3.63, 3.8) is 0 Å². The molecule has 0 saturated carbocycles. The molecule has 12 amide bonds. The molecule has 1 saturated heterocycles. The highest BCUT2D eigenvalue weighted by atomic mass is 32.2. The van der Waals surface area contributed by atoms with Gasteiger partial charge >= 0.3 is 11.9 Å². The van der Waals surface area contributed by atoms with Gasteiger partial charge in [-0.3, -0.25) is 72.5 Å². The fourth-order valence-corrected chi connectivity index (χ4v) is 13.3. The van der Waals surface area contributed by atoms with Crippen LogP contribution in [0.25, 0.3) is 10.9 Å². The van der Waals surface area contributed by atoms with Crippen molar-refractivity contribution in [2.75, 3.05) is 38.3 Å². The third-order valence-corrected chi connectivity index (χ3v) is 19.2. The van der Waals surface area contributed by atoms with Gasteiger partial charge in [-0.15, -0.1) is 0 Å². The Morgan fingerprint density at radius 2 is 1.31 bits per heavy atom. The number of carbonyl (C=O) groups excluding carboxylic acids is 12. The smallest absolute Gasteiger partial charge is 0.305 e. The average Bonchev–Trinajstić information content (AvgIpc) is 1.74. The van der Waals surface area contributed by atoms with Crippen molar-refractivity contribution in [1.29, 1.82) is 5.41 Å². The van der Waals surface area contributed by atoms with E-state index in [1.807, 2.05) is 24.5 Å². The number of nitrogens with zero attached hydrogens (tertiary/aromatic N) is 2. The van der Waals surface area contributed by atoms with Crippen LogP contribution in [0.3, 0.4) is 0 Å². The first-order chi connectivity index (χ1) is 51.0. The molecule has 2 bridgehead atoms. The van der Waals surface area contributed by atoms with Gasteiger partial charge in [0.2, 0.25) is 65.0 Å². The number of ether oxygens (including phenoxy) is 1. The van der Waals surface area contributed by atoms with Crippen LogP contribution in [-0.4, -0.2) is 214 Å². The second-order valence-corrected chi connectivity index (χ2v) is 28.4. The van der Waals surface area contributed by atoms with Crippen LogP contribution < -0.4 is 75.1 Å². The number of nitrogens with two attached hydrogens (primary N) is 3. The molecular weight excluding hydrogens is 1430 g/mol. The highest BCUT2D eigenvalue weighted by Gasteiger charge is 2.41. The standard InChI is InChI=1S/C70H103N17O18S2/c1-6-7-17-48-62(96)83-52(33-58(92)93)66(100)86-59(39(2)3)68(102)84-51(32-43-34-76-46-18-11-10-16-45(43)46)65(99)81-49(21-23-55(71)88)63(97)80-50(22-24-57(90)91)64(98)85-53(60(72)94)38-107-37-42-29-41(36-106-5)30-44(31-42)104-27-12-8-9-13-28-105-77-35-56(89)79-47(19-14-25-75-70(73)74)61(95)78-40(4)69(103)87-26-15-20-54(87)67(101)82-48/h10-11,16,18,29-31,34-35,39-40,47-54,59,76H,6-9,12-15,17,19-28,32-33,36-38H2,1-5H3,(H2,71,88)(H2,72,94)(H,78,95)(H,79,89)(H,80,97)(H,81,99)(H,82,101)(H,83,96)(H,84,102)(H,85,98)(H,86,100)(H,90,91)(H,92,93)(H4,73,74,75)/b77-35+/t40-,47-,48-,49-,50-,51-,52-,53-,54-,59-/m0/s1. The second-order valence-electron chi connectivity index (χ2n) is 26.5. The number of amides is 12. The zero-order valence-corrected chi connectivity index (χ0v) is 62.5. The number of guanidine groups is 1. The Labute approximate surface area is 628 Å². The molecule has 2 aromatic carbocycles. The molecule has 0 aliphatic carbocycles. The van der Waals surface area contributed by atoms with Crippen LogP contribution in [0.2, 0.25) is 0 Å². The first-order valence-corrected chi connectivity index (χ1v) is 38.2. The molecule has 3 heterocycles. The van der Waals surface area contributed by atoms with Gasteiger partial charge in [0.15, 0.2) is 5.96 Å². The van der Waals surface area contributed by atoms with Gasteiger partial charge in [0, 0.05) is 66.7 Å². The van der Waals surface area contributed by atoms with E-state index < -0.39 is 181 Å². The molecule has 10 atom stereocenters. The number of carboxylic acids is 2. The monoisotopic (exact) mass is 1530 g/mol. The second kappa shape index (κ2) is 45.3. The molecule has 588 valence electrons. The Morgan fingerprint density at radius 1 is 0.701 bits per heavy atom. The molecule has 2 aliphatic heterocycles. The number of aromatic amines is 1. The number of hydrogen-bond donors (Lipinski definition) is 17. The number of unbranched alkanes of at least 4 members (excludes halogenated alkanes) is 1. The highest BCUT2D eigenvalue weighted by Crippen LogP contribution is 2.26. The minimum atomic E-state index is -1.90. The Bertz CT molecular complexity index is 3640. The number of aliphatic carboxylic acids is 2. The Balaban J connectivity index is 1.49. The molecule has 35 nitrogen and oxygen atoms in total. The average molecular weight is 1530 g/mol. The lowest BCUT2D eigenvalue weighted by Crippen LogP contribution is -2.61. The van der Waals surface area contributed by atoms with Crippen LogP contribution in [0.15, 0.2) is 53.8 Å². The van der Waals surface area contributed by atoms with Crippen molar-refractivity contribution in [1.82, 2.24) is 63.1 Å². The molecule has 2 aliphatic rings. The third-order valence-electron chi connectivity index (χ3n) is 17.4. The SMILES string of the molecule is CCCC[C@@H]1NC(=O)[C@@H]2CCCN2C(=O)[C@H](C)NC(=O)[C@H](CCCNC(=N)N)NC(=O)/C=N/OCCCCCCOc2cc(CSC)cc(c2)CSC[C@@H](C(N)=O)NC(=O)[C@H](CCC(=O)O)NC(=O)[C@H](CCC(N)=O)NC(=O)[C@H](Cc2c[nH]c3ccccc23)NC(=O)[C@H](C(C)C)NC(=O)[C@H](CC(=O)O)NC1=O. The molecule has 3 aromatic rings. The topological polar surface area (TPSA) is 551 Å². The lowest BCUT2D eigenvalue weighted by atomic mass is 9.99. The lowest BCUT2D eigenvalue weighted by Gasteiger charge is -2.30. The minimum Gasteiger partial charge on any atom is -0.494 e. The summed E-state index contributed by atoms with van der Waals surface area (Å²) in [5.74, 6) is -13.9. The fourth-order valence-electron chi connectivity index (χ4n) is 11.8. The van der Waals surface area contributed by atoms with Gasteiger partial charge in [0.25, 0.3) is 5.91 Å². The van der Waals surface area contributed by atoms with E-state index in [4.69, 9.17) is 32.2 Å². The normalized spacial score (nSPS) is 23.7. The van der Waals surface area contributed by atoms with E-state index in [-0.39, 0.29) is 63.5 Å². The molecular formula is C70H103N17O18S2. The molecule has 0 unspecified atom stereocenters. The maximum Gasteiger partial charge on any atom is 0.305 e. The zero-order chi connectivity index (χ0) is 78.7. The summed E-state index contributed by atoms with van der Waals surface area (Å²) >= 11 is 2.82. The molecule has 20 N–H and O–H groups in total. The van der Waals surface area contributed by atoms with Crippen LogP contribution in [-0.2, 0) is 89.9 Å². The Morgan fingerprint density at radius 3 is 1.96 bits per heavy atom. The summed E-state index contributed by atoms with van der Waals surface area (Å²) in [5, 5.41) is 57.4. The van der Waals surface area contributed by atoms with Crippen LogP contribution in [0.5, 0.6) is 5.75 Å². The number of thioether (sulfide) groups is 2. The zero-order valence-electron chi connectivity index (χ0n) is 60.9. The molecule has 0 radical (unpaired) electrons. The summed E-state index contributed by atoms with van der Waals surface area (Å²) in [5.41, 5.74) is 19.7.